The average Bonchev–Trinajstić information content (AvgIpc) is 2.83. The number of piperidine rings is 1. The van der Waals surface area contributed by atoms with E-state index in [4.69, 9.17) is 10.5 Å². The number of benzene rings is 2. The molecule has 2 N–H and O–H groups in total. The molecule has 0 bridgehead atoms. The van der Waals surface area contributed by atoms with E-state index in [1.165, 1.54) is 12.1 Å². The van der Waals surface area contributed by atoms with Crippen molar-refractivity contribution in [2.75, 3.05) is 19.4 Å². The summed E-state index contributed by atoms with van der Waals surface area (Å²) >= 11 is 0. The smallest absolute Gasteiger partial charge is 0.223 e. The van der Waals surface area contributed by atoms with Crippen LogP contribution < -0.4 is 10.5 Å². The van der Waals surface area contributed by atoms with Gasteiger partial charge in [-0.25, -0.2) is 14.4 Å². The fourth-order valence-electron chi connectivity index (χ4n) is 4.24. The minimum atomic E-state index is -0.332. The number of nitrogen functional groups attached to an aromatic ring is 1. The van der Waals surface area contributed by atoms with Gasteiger partial charge in [-0.15, -0.1) is 0 Å². The summed E-state index contributed by atoms with van der Waals surface area (Å²) in [5.41, 5.74) is 9.06. The van der Waals surface area contributed by atoms with E-state index in [0.717, 1.165) is 30.6 Å². The van der Waals surface area contributed by atoms with Gasteiger partial charge in [-0.2, -0.15) is 0 Å². The van der Waals surface area contributed by atoms with Gasteiger partial charge in [0.25, 0.3) is 0 Å². The third-order valence-corrected chi connectivity index (χ3v) is 5.90. The summed E-state index contributed by atoms with van der Waals surface area (Å²) in [5, 5.41) is 0. The van der Waals surface area contributed by atoms with Crippen molar-refractivity contribution in [1.29, 1.82) is 0 Å². The monoisotopic (exact) mass is 434 g/mol. The predicted molar refractivity (Wildman–Crippen MR) is 121 cm³/mol. The Balaban J connectivity index is 1.58. The number of ether oxygens (including phenoxy) is 1. The maximum absolute atomic E-state index is 13.9. The van der Waals surface area contributed by atoms with E-state index in [0.29, 0.717) is 36.2 Å². The molecule has 0 radical (unpaired) electrons. The molecule has 3 aromatic rings. The maximum atomic E-state index is 13.9. The Morgan fingerprint density at radius 2 is 2.03 bits per heavy atom. The van der Waals surface area contributed by atoms with Gasteiger partial charge in [-0.05, 0) is 61.1 Å². The molecule has 0 unspecified atom stereocenters. The van der Waals surface area contributed by atoms with Gasteiger partial charge < -0.3 is 15.4 Å². The van der Waals surface area contributed by atoms with Crippen LogP contribution >= 0.6 is 0 Å². The van der Waals surface area contributed by atoms with E-state index in [2.05, 4.69) is 9.97 Å². The van der Waals surface area contributed by atoms with E-state index >= 15 is 0 Å². The molecule has 4 rings (SSSR count). The minimum absolute atomic E-state index is 0.0768. The van der Waals surface area contributed by atoms with Crippen LogP contribution in [-0.4, -0.2) is 34.4 Å². The van der Waals surface area contributed by atoms with Crippen LogP contribution in [0.3, 0.4) is 0 Å². The minimum Gasteiger partial charge on any atom is -0.497 e. The number of likely N-dealkylation sites (tertiary alicyclic amines) is 1. The number of carbonyl (C=O) groups excluding carboxylic acids is 1. The maximum Gasteiger partial charge on any atom is 0.223 e. The number of aryl methyl sites for hydroxylation is 1. The largest absolute Gasteiger partial charge is 0.497 e. The quantitative estimate of drug-likeness (QED) is 0.615. The summed E-state index contributed by atoms with van der Waals surface area (Å²) in [4.78, 5) is 23.8. The first kappa shape index (κ1) is 21.7. The fraction of sp³-hybridized carbons (Fsp3) is 0.320. The number of nitrogens with two attached hydrogens (primary N) is 1. The number of aromatic nitrogens is 2. The molecule has 1 saturated heterocycles. The first-order valence-electron chi connectivity index (χ1n) is 10.9. The van der Waals surface area contributed by atoms with Gasteiger partial charge in [0, 0.05) is 24.7 Å². The summed E-state index contributed by atoms with van der Waals surface area (Å²) in [6.45, 7) is 0.665. The second-order valence-electron chi connectivity index (χ2n) is 7.98. The molecule has 0 aliphatic carbocycles. The zero-order chi connectivity index (χ0) is 22.5. The Labute approximate surface area is 187 Å². The van der Waals surface area contributed by atoms with E-state index in [1.54, 1.807) is 19.4 Å². The third kappa shape index (κ3) is 4.88. The summed E-state index contributed by atoms with van der Waals surface area (Å²) in [6, 6.07) is 13.9. The number of hydrogen-bond donors (Lipinski definition) is 1. The molecule has 0 spiro atoms. The first-order valence-corrected chi connectivity index (χ1v) is 10.9. The molecule has 1 aliphatic heterocycles. The second-order valence-corrected chi connectivity index (χ2v) is 7.98. The zero-order valence-electron chi connectivity index (χ0n) is 18.1. The van der Waals surface area contributed by atoms with Crippen LogP contribution in [0.2, 0.25) is 0 Å². The van der Waals surface area contributed by atoms with E-state index < -0.39 is 0 Å². The van der Waals surface area contributed by atoms with Gasteiger partial charge in [0.15, 0.2) is 0 Å². The number of rotatable bonds is 6. The Morgan fingerprint density at radius 3 is 2.78 bits per heavy atom. The number of nitrogens with zero attached hydrogens (tertiary/aromatic N) is 3. The number of methoxy groups -OCH3 is 1. The fourth-order valence-corrected chi connectivity index (χ4v) is 4.24. The second kappa shape index (κ2) is 9.77. The Morgan fingerprint density at radius 1 is 1.22 bits per heavy atom. The average molecular weight is 435 g/mol. The van der Waals surface area contributed by atoms with Gasteiger partial charge >= 0.3 is 0 Å². The lowest BCUT2D eigenvalue weighted by molar-refractivity contribution is -0.135. The highest BCUT2D eigenvalue weighted by atomic mass is 19.1. The molecular formula is C25H27FN4O2. The molecule has 2 aromatic carbocycles. The molecule has 7 heteroatoms. The van der Waals surface area contributed by atoms with Crippen LogP contribution in [0, 0.1) is 5.82 Å². The first-order chi connectivity index (χ1) is 15.5. The number of amides is 1. The molecule has 2 heterocycles. The SMILES string of the molecule is COc1ccc(CCC(=O)N2CCCC[C@@H]2c2nc(N)ncc2-c2cccc(F)c2)cc1. The predicted octanol–water partition coefficient (Wildman–Crippen LogP) is 4.56. The molecule has 1 amide bonds. The number of hydrogen-bond acceptors (Lipinski definition) is 5. The molecule has 32 heavy (non-hydrogen) atoms. The van der Waals surface area contributed by atoms with E-state index in [-0.39, 0.29) is 23.7 Å². The van der Waals surface area contributed by atoms with Gasteiger partial charge in [-0.1, -0.05) is 24.3 Å². The van der Waals surface area contributed by atoms with Crippen LogP contribution in [0.5, 0.6) is 5.75 Å². The standard InChI is InChI=1S/C25H27FN4O2/c1-32-20-11-8-17(9-12-20)10-13-23(31)30-14-3-2-7-22(30)24-21(16-28-25(27)29-24)18-5-4-6-19(26)15-18/h4-6,8-9,11-12,15-16,22H,2-3,7,10,13-14H2,1H3,(H2,27,28,29)/t22-/m1/s1. The number of anilines is 1. The highest BCUT2D eigenvalue weighted by Gasteiger charge is 2.31. The molecule has 166 valence electrons. The summed E-state index contributed by atoms with van der Waals surface area (Å²) in [5.74, 6) is 0.688. The van der Waals surface area contributed by atoms with Crippen LogP contribution in [0.15, 0.2) is 54.7 Å². The number of carbonyl (C=O) groups is 1. The van der Waals surface area contributed by atoms with E-state index in [9.17, 15) is 9.18 Å². The lowest BCUT2D eigenvalue weighted by Gasteiger charge is -2.36. The number of halogens is 1. The zero-order valence-corrected chi connectivity index (χ0v) is 18.1. The molecule has 1 aliphatic rings. The lowest BCUT2D eigenvalue weighted by atomic mass is 9.93. The highest BCUT2D eigenvalue weighted by Crippen LogP contribution is 2.36. The van der Waals surface area contributed by atoms with Crippen molar-refractivity contribution in [3.8, 4) is 16.9 Å². The summed E-state index contributed by atoms with van der Waals surface area (Å²) in [6.07, 6.45) is 5.39. The van der Waals surface area contributed by atoms with Crippen molar-refractivity contribution >= 4 is 11.9 Å². The Kier molecular flexibility index (Phi) is 6.63. The van der Waals surface area contributed by atoms with Crippen LogP contribution in [0.4, 0.5) is 10.3 Å². The molecule has 1 fully saturated rings. The van der Waals surface area contributed by atoms with Crippen LogP contribution in [0.1, 0.15) is 43.0 Å². The Bertz CT molecular complexity index is 1090. The van der Waals surface area contributed by atoms with Crippen molar-refractivity contribution in [1.82, 2.24) is 14.9 Å². The van der Waals surface area contributed by atoms with Crippen molar-refractivity contribution in [2.24, 2.45) is 0 Å². The highest BCUT2D eigenvalue weighted by molar-refractivity contribution is 5.78. The van der Waals surface area contributed by atoms with Crippen molar-refractivity contribution in [3.05, 3.63) is 71.8 Å². The van der Waals surface area contributed by atoms with Gasteiger partial charge in [0.2, 0.25) is 11.9 Å². The van der Waals surface area contributed by atoms with Crippen molar-refractivity contribution < 1.29 is 13.9 Å². The molecule has 1 aromatic heterocycles. The Hall–Kier alpha value is -3.48. The topological polar surface area (TPSA) is 81.3 Å². The summed E-state index contributed by atoms with van der Waals surface area (Å²) in [7, 11) is 1.63. The third-order valence-electron chi connectivity index (χ3n) is 5.90. The van der Waals surface area contributed by atoms with Gasteiger partial charge in [-0.3, -0.25) is 4.79 Å². The van der Waals surface area contributed by atoms with Gasteiger partial charge in [0.05, 0.1) is 18.8 Å². The van der Waals surface area contributed by atoms with E-state index in [1.807, 2.05) is 35.2 Å². The van der Waals surface area contributed by atoms with Crippen molar-refractivity contribution in [2.45, 2.75) is 38.1 Å². The molecule has 1 atom stereocenters. The normalized spacial score (nSPS) is 16.1. The summed E-state index contributed by atoms with van der Waals surface area (Å²) < 4.78 is 19.1. The molecular weight excluding hydrogens is 407 g/mol. The molecule has 6 nitrogen and oxygen atoms in total. The lowest BCUT2D eigenvalue weighted by Crippen LogP contribution is -2.39. The van der Waals surface area contributed by atoms with Crippen molar-refractivity contribution in [3.63, 3.8) is 0 Å². The molecule has 0 saturated carbocycles. The van der Waals surface area contributed by atoms with Crippen LogP contribution in [-0.2, 0) is 11.2 Å². The van der Waals surface area contributed by atoms with Gasteiger partial charge in [0.1, 0.15) is 11.6 Å². The van der Waals surface area contributed by atoms with Crippen LogP contribution in [0.25, 0.3) is 11.1 Å².